The van der Waals surface area contributed by atoms with Gasteiger partial charge in [-0.1, -0.05) is 18.9 Å². The molecule has 8 N–H and O–H groups in total. The average Bonchev–Trinajstić information content (AvgIpc) is 2.90. The van der Waals surface area contributed by atoms with Crippen LogP contribution in [0.5, 0.6) is 0 Å². The first-order chi connectivity index (χ1) is 19.5. The molecule has 1 fully saturated rings. The SMILES string of the molecule is CC(O)O.CC(O)O.CC(O)O.CC(O)O.CCN(CC)C(=O)C1=CCC[N-]C1.CCN(CC)C(=O)C1CCC[N-]C1.[Cu+].[Cu+]. The first-order valence-corrected chi connectivity index (χ1v) is 14.5. The molecule has 0 bridgehead atoms. The molecule has 0 saturated carbocycles. The van der Waals surface area contributed by atoms with Crippen molar-refractivity contribution in [1.82, 2.24) is 9.80 Å². The van der Waals surface area contributed by atoms with Gasteiger partial charge in [0.2, 0.25) is 11.8 Å². The predicted octanol–water partition coefficient (Wildman–Crippen LogP) is 0.460. The summed E-state index contributed by atoms with van der Waals surface area (Å²) in [7, 11) is 0. The Labute approximate surface area is 285 Å². The maximum atomic E-state index is 11.8. The average molecular weight is 740 g/mol. The maximum Gasteiger partial charge on any atom is 1.00 e. The molecule has 2 rings (SSSR count). The number of amides is 2. The standard InChI is InChI=1S/C10H19N2O.C10H17N2O.4C2H6O2.2Cu/c2*1-3-12(4-2)10(13)9-6-5-7-11-8-9;4*1-2(3)4;;/h9H,3-8H2,1-2H3;6H,3-5,7-8H2,1-2H3;4*2-4H,1H3;;/q2*-1;;;;;2*+1. The van der Waals surface area contributed by atoms with Crippen LogP contribution < -0.4 is 0 Å². The van der Waals surface area contributed by atoms with Crippen molar-refractivity contribution in [3.8, 4) is 0 Å². The number of likely N-dealkylation sites (N-methyl/N-ethyl adjacent to an activating group) is 1. The van der Waals surface area contributed by atoms with Gasteiger partial charge >= 0.3 is 34.1 Å². The minimum atomic E-state index is -1.17. The van der Waals surface area contributed by atoms with Crippen LogP contribution in [0.25, 0.3) is 10.6 Å². The van der Waals surface area contributed by atoms with Crippen LogP contribution in [-0.2, 0) is 43.7 Å². The van der Waals surface area contributed by atoms with Gasteiger partial charge in [-0.15, -0.1) is 26.2 Å². The summed E-state index contributed by atoms with van der Waals surface area (Å²) < 4.78 is 0. The molecule has 44 heavy (non-hydrogen) atoms. The van der Waals surface area contributed by atoms with E-state index in [1.165, 1.54) is 27.7 Å². The Bertz CT molecular complexity index is 613. The second-order valence-electron chi connectivity index (χ2n) is 9.11. The van der Waals surface area contributed by atoms with E-state index in [1.54, 1.807) is 0 Å². The van der Waals surface area contributed by atoms with Gasteiger partial charge in [-0.05, 0) is 67.4 Å². The molecule has 0 aliphatic carbocycles. The van der Waals surface area contributed by atoms with Crippen LogP contribution in [0.4, 0.5) is 0 Å². The molecule has 2 aliphatic heterocycles. The van der Waals surface area contributed by atoms with Crippen LogP contribution >= 0.6 is 0 Å². The summed E-state index contributed by atoms with van der Waals surface area (Å²) in [6.07, 6.45) is 0.381. The van der Waals surface area contributed by atoms with Gasteiger partial charge in [0.25, 0.3) is 0 Å². The third kappa shape index (κ3) is 43.4. The van der Waals surface area contributed by atoms with Crippen LogP contribution in [0.15, 0.2) is 11.6 Å². The van der Waals surface area contributed by atoms with Gasteiger partial charge in [0.1, 0.15) is 25.2 Å². The summed E-state index contributed by atoms with van der Waals surface area (Å²) in [6.45, 7) is 19.6. The molecule has 0 spiro atoms. The van der Waals surface area contributed by atoms with Crippen LogP contribution in [0.1, 0.15) is 74.7 Å². The number of aliphatic hydroxyl groups is 8. The molecule has 0 radical (unpaired) electrons. The summed E-state index contributed by atoms with van der Waals surface area (Å²) in [5.41, 5.74) is 0.870. The molecule has 0 aromatic heterocycles. The van der Waals surface area contributed by atoms with Gasteiger partial charge in [-0.25, -0.2) is 0 Å². The van der Waals surface area contributed by atoms with Gasteiger partial charge in [0, 0.05) is 32.1 Å². The fourth-order valence-electron chi connectivity index (χ4n) is 3.25. The summed E-state index contributed by atoms with van der Waals surface area (Å²) in [4.78, 5) is 27.3. The normalized spacial score (nSPS) is 14.9. The quantitative estimate of drug-likeness (QED) is 0.139. The zero-order valence-electron chi connectivity index (χ0n) is 27.5. The Kier molecular flexibility index (Phi) is 48.7. The first kappa shape index (κ1) is 55.7. The van der Waals surface area contributed by atoms with Gasteiger partial charge in [-0.3, -0.25) is 9.59 Å². The van der Waals surface area contributed by atoms with E-state index in [0.717, 1.165) is 70.6 Å². The van der Waals surface area contributed by atoms with Crippen LogP contribution in [0.3, 0.4) is 0 Å². The van der Waals surface area contributed by atoms with Crippen LogP contribution in [0, 0.1) is 5.92 Å². The van der Waals surface area contributed by atoms with Crippen molar-refractivity contribution in [1.29, 1.82) is 0 Å². The minimum absolute atomic E-state index is 0. The van der Waals surface area contributed by atoms with Crippen molar-refractivity contribution in [2.24, 2.45) is 5.92 Å². The molecule has 16 heteroatoms. The largest absolute Gasteiger partial charge is 1.00 e. The molecule has 2 heterocycles. The number of rotatable bonds is 6. The van der Waals surface area contributed by atoms with Gasteiger partial charge in [-0.2, -0.15) is 0 Å². The van der Waals surface area contributed by atoms with Crippen molar-refractivity contribution in [2.75, 3.05) is 52.4 Å². The molecule has 1 saturated heterocycles. The molecule has 2 aliphatic rings. The Morgan fingerprint density at radius 3 is 1.39 bits per heavy atom. The molecule has 1 atom stereocenters. The Hall–Kier alpha value is -0.681. The van der Waals surface area contributed by atoms with E-state index in [2.05, 4.69) is 10.6 Å². The van der Waals surface area contributed by atoms with Crippen molar-refractivity contribution < 1.29 is 84.6 Å². The smallest absolute Gasteiger partial charge is 0.662 e. The third-order valence-corrected chi connectivity index (χ3v) is 4.93. The van der Waals surface area contributed by atoms with E-state index >= 15 is 0 Å². The van der Waals surface area contributed by atoms with Crippen molar-refractivity contribution in [3.63, 3.8) is 0 Å². The Morgan fingerprint density at radius 2 is 1.11 bits per heavy atom. The number of aliphatic hydroxyl groups excluding tert-OH is 4. The van der Waals surface area contributed by atoms with E-state index in [0.29, 0.717) is 12.5 Å². The van der Waals surface area contributed by atoms with Crippen LogP contribution in [0.2, 0.25) is 0 Å². The van der Waals surface area contributed by atoms with Crippen molar-refractivity contribution in [3.05, 3.63) is 22.3 Å². The number of piperidine rings is 1. The molecule has 274 valence electrons. The van der Waals surface area contributed by atoms with Gasteiger partial charge < -0.3 is 61.3 Å². The number of carbonyl (C=O) groups excluding carboxylic acids is 2. The molecule has 2 amide bonds. The number of hydrogen-bond donors (Lipinski definition) is 8. The third-order valence-electron chi connectivity index (χ3n) is 4.93. The molecule has 0 aromatic rings. The fraction of sp³-hybridized carbons (Fsp3) is 0.857. The van der Waals surface area contributed by atoms with E-state index in [9.17, 15) is 9.59 Å². The van der Waals surface area contributed by atoms with Gasteiger partial charge in [0.05, 0.1) is 0 Å². The van der Waals surface area contributed by atoms with Crippen molar-refractivity contribution in [2.45, 2.75) is 99.8 Å². The molecule has 14 nitrogen and oxygen atoms in total. The fourth-order valence-corrected chi connectivity index (χ4v) is 3.25. The van der Waals surface area contributed by atoms with E-state index in [4.69, 9.17) is 40.9 Å². The zero-order chi connectivity index (χ0) is 33.7. The summed E-state index contributed by atoms with van der Waals surface area (Å²) >= 11 is 0. The second-order valence-corrected chi connectivity index (χ2v) is 9.11. The summed E-state index contributed by atoms with van der Waals surface area (Å²) in [5, 5.41) is 69.4. The maximum absolute atomic E-state index is 11.8. The molecule has 1 unspecified atom stereocenters. The second kappa shape index (κ2) is 38.5. The molecular formula is C28H60Cu2N4O10. The minimum Gasteiger partial charge on any atom is -0.662 e. The van der Waals surface area contributed by atoms with E-state index in [1.807, 2.05) is 43.6 Å². The number of carbonyl (C=O) groups is 2. The number of nitrogens with zero attached hydrogens (tertiary/aromatic N) is 4. The van der Waals surface area contributed by atoms with E-state index in [-0.39, 0.29) is 46.0 Å². The number of hydrogen-bond acceptors (Lipinski definition) is 10. The summed E-state index contributed by atoms with van der Waals surface area (Å²) in [5.74, 6) is 0.635. The topological polar surface area (TPSA) is 231 Å². The Balaban J connectivity index is -0.000000108. The molecular weight excluding hydrogens is 679 g/mol. The predicted molar refractivity (Wildman–Crippen MR) is 163 cm³/mol. The van der Waals surface area contributed by atoms with Crippen LogP contribution in [-0.4, -0.2) is 140 Å². The Morgan fingerprint density at radius 1 is 0.727 bits per heavy atom. The van der Waals surface area contributed by atoms with E-state index < -0.39 is 25.2 Å². The molecule has 0 aromatic carbocycles. The monoisotopic (exact) mass is 738 g/mol. The summed E-state index contributed by atoms with van der Waals surface area (Å²) in [6, 6.07) is 0. The zero-order valence-corrected chi connectivity index (χ0v) is 29.4. The van der Waals surface area contributed by atoms with Crippen molar-refractivity contribution >= 4 is 11.8 Å². The van der Waals surface area contributed by atoms with Gasteiger partial charge in [0.15, 0.2) is 0 Å². The first-order valence-electron chi connectivity index (χ1n) is 14.5.